The highest BCUT2D eigenvalue weighted by molar-refractivity contribution is 8.00. The third kappa shape index (κ3) is 6.54. The summed E-state index contributed by atoms with van der Waals surface area (Å²) in [7, 11) is 0. The lowest BCUT2D eigenvalue weighted by Crippen LogP contribution is -2.13. The Balaban J connectivity index is 1.13. The normalized spacial score (nSPS) is 11.0. The van der Waals surface area contributed by atoms with Crippen molar-refractivity contribution in [3.05, 3.63) is 115 Å². The number of carbonyl (C=O) groups excluding carboxylic acids is 2. The van der Waals surface area contributed by atoms with Crippen molar-refractivity contribution in [2.75, 3.05) is 16.4 Å². The zero-order chi connectivity index (χ0) is 25.5. The lowest BCUT2D eigenvalue weighted by Gasteiger charge is -2.07. The van der Waals surface area contributed by atoms with Gasteiger partial charge in [0.2, 0.25) is 17.7 Å². The molecular formula is C30H23N3O3S. The van der Waals surface area contributed by atoms with Crippen LogP contribution < -0.4 is 10.6 Å². The number of anilines is 2. The molecule has 0 atom stereocenters. The molecule has 0 fully saturated rings. The minimum absolute atomic E-state index is 0.125. The van der Waals surface area contributed by atoms with Gasteiger partial charge < -0.3 is 15.1 Å². The molecule has 0 saturated carbocycles. The summed E-state index contributed by atoms with van der Waals surface area (Å²) in [4.78, 5) is 30.1. The Morgan fingerprint density at radius 1 is 0.811 bits per heavy atom. The third-order valence-electron chi connectivity index (χ3n) is 5.41. The molecule has 0 aliphatic carbocycles. The van der Waals surface area contributed by atoms with Crippen LogP contribution in [0.4, 0.5) is 11.4 Å². The van der Waals surface area contributed by atoms with Crippen LogP contribution in [0.5, 0.6) is 0 Å². The van der Waals surface area contributed by atoms with Crippen molar-refractivity contribution < 1.29 is 14.0 Å². The smallest absolute Gasteiger partial charge is 0.248 e. The van der Waals surface area contributed by atoms with Crippen molar-refractivity contribution in [3.63, 3.8) is 0 Å². The summed E-state index contributed by atoms with van der Waals surface area (Å²) < 4.78 is 5.80. The van der Waals surface area contributed by atoms with Gasteiger partial charge in [-0.25, -0.2) is 4.98 Å². The Hall–Kier alpha value is -4.62. The predicted octanol–water partition coefficient (Wildman–Crippen LogP) is 6.88. The molecule has 2 N–H and O–H groups in total. The number of rotatable bonds is 8. The molecule has 1 aromatic heterocycles. The van der Waals surface area contributed by atoms with E-state index in [1.165, 1.54) is 17.8 Å². The highest BCUT2D eigenvalue weighted by Crippen LogP contribution is 2.26. The number of nitrogens with zero attached hydrogens (tertiary/aromatic N) is 1. The molecule has 0 radical (unpaired) electrons. The zero-order valence-corrected chi connectivity index (χ0v) is 20.6. The van der Waals surface area contributed by atoms with Crippen molar-refractivity contribution in [1.82, 2.24) is 4.98 Å². The van der Waals surface area contributed by atoms with Crippen LogP contribution in [-0.4, -0.2) is 22.6 Å². The van der Waals surface area contributed by atoms with Crippen molar-refractivity contribution in [2.24, 2.45) is 0 Å². The molecular weight excluding hydrogens is 482 g/mol. The third-order valence-corrected chi connectivity index (χ3v) is 6.40. The fourth-order valence-electron chi connectivity index (χ4n) is 3.62. The van der Waals surface area contributed by atoms with Crippen LogP contribution in [0.2, 0.25) is 0 Å². The molecule has 0 unspecified atom stereocenters. The van der Waals surface area contributed by atoms with Crippen molar-refractivity contribution >= 4 is 52.1 Å². The van der Waals surface area contributed by atoms with Crippen molar-refractivity contribution in [1.29, 1.82) is 0 Å². The molecule has 4 aromatic carbocycles. The number of thioether (sulfide) groups is 1. The number of nitrogens with one attached hydrogen (secondary N) is 2. The Morgan fingerprint density at radius 2 is 1.59 bits per heavy atom. The number of hydrogen-bond acceptors (Lipinski definition) is 5. The largest absolute Gasteiger partial charge is 0.436 e. The summed E-state index contributed by atoms with van der Waals surface area (Å²) >= 11 is 1.40. The Bertz CT molecular complexity index is 1530. The number of hydrogen-bond donors (Lipinski definition) is 2. The summed E-state index contributed by atoms with van der Waals surface area (Å²) in [6.07, 6.45) is 3.26. The van der Waals surface area contributed by atoms with Crippen LogP contribution in [-0.2, 0) is 9.59 Å². The maximum atomic E-state index is 12.5. The number of benzene rings is 4. The first-order valence-corrected chi connectivity index (χ1v) is 12.6. The van der Waals surface area contributed by atoms with E-state index < -0.39 is 0 Å². The van der Waals surface area contributed by atoms with Crippen LogP contribution in [0.15, 0.2) is 119 Å². The molecule has 0 spiro atoms. The molecule has 1 heterocycles. The molecule has 0 aliphatic rings. The highest BCUT2D eigenvalue weighted by atomic mass is 32.2. The molecule has 6 nitrogen and oxygen atoms in total. The number of fused-ring (bicyclic) bond motifs is 1. The molecule has 37 heavy (non-hydrogen) atoms. The van der Waals surface area contributed by atoms with Crippen LogP contribution in [0.1, 0.15) is 5.56 Å². The van der Waals surface area contributed by atoms with Crippen molar-refractivity contribution in [3.8, 4) is 11.5 Å². The van der Waals surface area contributed by atoms with Gasteiger partial charge in [0.15, 0.2) is 5.58 Å². The van der Waals surface area contributed by atoms with Gasteiger partial charge >= 0.3 is 0 Å². The van der Waals surface area contributed by atoms with Gasteiger partial charge in [0.1, 0.15) is 5.52 Å². The minimum atomic E-state index is -0.218. The molecule has 7 heteroatoms. The Morgan fingerprint density at radius 3 is 2.41 bits per heavy atom. The number of para-hydroxylation sites is 2. The second-order valence-corrected chi connectivity index (χ2v) is 9.21. The van der Waals surface area contributed by atoms with Gasteiger partial charge in [0.25, 0.3) is 0 Å². The number of aromatic nitrogens is 1. The molecule has 0 bridgehead atoms. The second kappa shape index (κ2) is 11.4. The van der Waals surface area contributed by atoms with E-state index in [2.05, 4.69) is 15.6 Å². The molecule has 2 amide bonds. The summed E-state index contributed by atoms with van der Waals surface area (Å²) in [6.45, 7) is 0. The SMILES string of the molecule is O=C(/C=C/c1ccccc1)Nc1cccc(SCC(=O)Nc2ccc(-c3nc4ccccc4o3)cc2)c1. The summed E-state index contributed by atoms with van der Waals surface area (Å²) in [5, 5.41) is 5.76. The average molecular weight is 506 g/mol. The maximum Gasteiger partial charge on any atom is 0.248 e. The van der Waals surface area contributed by atoms with Crippen LogP contribution >= 0.6 is 11.8 Å². The van der Waals surface area contributed by atoms with Gasteiger partial charge in [-0.2, -0.15) is 0 Å². The molecule has 5 rings (SSSR count). The van der Waals surface area contributed by atoms with E-state index in [0.29, 0.717) is 17.3 Å². The van der Waals surface area contributed by atoms with Gasteiger partial charge in [-0.1, -0.05) is 48.5 Å². The fraction of sp³-hybridized carbons (Fsp3) is 0.0333. The average Bonchev–Trinajstić information content (AvgIpc) is 3.36. The fourth-order valence-corrected chi connectivity index (χ4v) is 4.38. The predicted molar refractivity (Wildman–Crippen MR) is 149 cm³/mol. The zero-order valence-electron chi connectivity index (χ0n) is 19.8. The molecule has 0 saturated heterocycles. The lowest BCUT2D eigenvalue weighted by atomic mass is 10.2. The first-order chi connectivity index (χ1) is 18.1. The Labute approximate surface area is 218 Å². The van der Waals surface area contributed by atoms with E-state index in [1.807, 2.05) is 103 Å². The first kappa shape index (κ1) is 24.1. The highest BCUT2D eigenvalue weighted by Gasteiger charge is 2.09. The standard InChI is InChI=1S/C30H23N3O3S/c34-28(18-13-21-7-2-1-3-8-21)32-24-9-6-10-25(19-24)37-20-29(35)31-23-16-14-22(15-17-23)30-33-26-11-4-5-12-27(26)36-30/h1-19H,20H2,(H,31,35)(H,32,34)/b18-13+. The van der Waals surface area contributed by atoms with Crippen LogP contribution in [0.3, 0.4) is 0 Å². The van der Waals surface area contributed by atoms with E-state index in [-0.39, 0.29) is 17.6 Å². The van der Waals surface area contributed by atoms with E-state index in [0.717, 1.165) is 27.1 Å². The number of carbonyl (C=O) groups is 2. The van der Waals surface area contributed by atoms with E-state index in [1.54, 1.807) is 6.08 Å². The topological polar surface area (TPSA) is 84.2 Å². The van der Waals surface area contributed by atoms with Gasteiger partial charge in [-0.05, 0) is 66.2 Å². The van der Waals surface area contributed by atoms with E-state index >= 15 is 0 Å². The minimum Gasteiger partial charge on any atom is -0.436 e. The van der Waals surface area contributed by atoms with Crippen LogP contribution in [0.25, 0.3) is 28.6 Å². The van der Waals surface area contributed by atoms with Crippen molar-refractivity contribution in [2.45, 2.75) is 4.90 Å². The summed E-state index contributed by atoms with van der Waals surface area (Å²) in [6, 6.07) is 32.0. The molecule has 5 aromatic rings. The monoisotopic (exact) mass is 505 g/mol. The van der Waals surface area contributed by atoms with Gasteiger partial charge in [0.05, 0.1) is 5.75 Å². The second-order valence-electron chi connectivity index (χ2n) is 8.16. The maximum absolute atomic E-state index is 12.5. The number of oxazole rings is 1. The van der Waals surface area contributed by atoms with Gasteiger partial charge in [-0.15, -0.1) is 11.8 Å². The summed E-state index contributed by atoms with van der Waals surface area (Å²) in [5.41, 5.74) is 4.69. The summed E-state index contributed by atoms with van der Waals surface area (Å²) in [5.74, 6) is 0.431. The van der Waals surface area contributed by atoms with E-state index in [9.17, 15) is 9.59 Å². The van der Waals surface area contributed by atoms with E-state index in [4.69, 9.17) is 4.42 Å². The number of amides is 2. The van der Waals surface area contributed by atoms with Crippen LogP contribution in [0, 0.1) is 0 Å². The van der Waals surface area contributed by atoms with Gasteiger partial charge in [0, 0.05) is 27.9 Å². The Kier molecular flexibility index (Phi) is 7.43. The lowest BCUT2D eigenvalue weighted by molar-refractivity contribution is -0.114. The first-order valence-electron chi connectivity index (χ1n) is 11.7. The molecule has 0 aliphatic heterocycles. The molecule has 182 valence electrons. The quantitative estimate of drug-likeness (QED) is 0.177. The van der Waals surface area contributed by atoms with Gasteiger partial charge in [-0.3, -0.25) is 9.59 Å².